The number of rotatable bonds is 8. The highest BCUT2D eigenvalue weighted by Gasteiger charge is 2.61. The maximum Gasteiger partial charge on any atom is 0.336 e. The summed E-state index contributed by atoms with van der Waals surface area (Å²) in [4.78, 5) is 26.6. The van der Waals surface area contributed by atoms with Crippen LogP contribution in [0.4, 0.5) is 0 Å². The molecule has 0 bridgehead atoms. The molecule has 2 N–H and O–H groups in total. The average Bonchev–Trinajstić information content (AvgIpc) is 3.61. The molecule has 314 valence electrons. The minimum Gasteiger partial charge on any atom is -0.459 e. The Labute approximate surface area is 328 Å². The van der Waals surface area contributed by atoms with Crippen LogP contribution in [0.5, 0.6) is 0 Å². The van der Waals surface area contributed by atoms with Crippen LogP contribution in [0.1, 0.15) is 86.0 Å². The highest BCUT2D eigenvalue weighted by atomic mass is 16.8. The highest BCUT2D eigenvalue weighted by molar-refractivity contribution is 5.92. The lowest BCUT2D eigenvalue weighted by Gasteiger charge is -2.50. The molecule has 0 amide bonds. The lowest BCUT2D eigenvalue weighted by atomic mass is 9.55. The molecule has 5 saturated heterocycles. The molecule has 56 heavy (non-hydrogen) atoms. The molecular weight excluding hydrogens is 732 g/mol. The second kappa shape index (κ2) is 15.9. The first-order chi connectivity index (χ1) is 26.7. The standard InChI is InChI=1S/C41H60O15/c1-19-35(43)28(46-6)16-33(49-19)54-36-20(2)50-31(15-27(36)42)55-37-21(3)51-32(17-29(37)47-7)52-23-12-13-40(4)22(14-23)8-9-24-26(40)11-10-25-34-30(53-38(24)44)18-48-41(34,5)56-39(25)45/h8,10,19-21,23-24,26-37,42-43H,9,11-18H2,1-7H3/t19-,20+,21-,23-,24+,26-,27-,28-,29-,30+,31+,32-,33-,34+,35-,36+,37-,40-,41+/m0/s1. The third-order valence-corrected chi connectivity index (χ3v) is 14.1. The average molecular weight is 793 g/mol. The van der Waals surface area contributed by atoms with Gasteiger partial charge in [-0.05, 0) is 64.2 Å². The summed E-state index contributed by atoms with van der Waals surface area (Å²) in [5.41, 5.74) is 1.55. The van der Waals surface area contributed by atoms with Crippen LogP contribution in [-0.2, 0) is 61.7 Å². The molecule has 0 unspecified atom stereocenters. The van der Waals surface area contributed by atoms with Crippen LogP contribution < -0.4 is 0 Å². The fourth-order valence-corrected chi connectivity index (χ4v) is 10.9. The molecule has 6 fully saturated rings. The van der Waals surface area contributed by atoms with E-state index in [1.54, 1.807) is 28.1 Å². The number of esters is 2. The van der Waals surface area contributed by atoms with Crippen molar-refractivity contribution in [1.82, 2.24) is 0 Å². The Morgan fingerprint density at radius 3 is 2.20 bits per heavy atom. The zero-order valence-electron chi connectivity index (χ0n) is 33.5. The summed E-state index contributed by atoms with van der Waals surface area (Å²) in [5.74, 6) is -2.50. The molecule has 1 saturated carbocycles. The molecule has 0 aromatic carbocycles. The van der Waals surface area contributed by atoms with E-state index in [0.717, 1.165) is 12.8 Å². The van der Waals surface area contributed by atoms with E-state index in [1.165, 1.54) is 5.57 Å². The van der Waals surface area contributed by atoms with Crippen molar-refractivity contribution < 1.29 is 71.9 Å². The summed E-state index contributed by atoms with van der Waals surface area (Å²) in [6.07, 6.45) is 1.13. The third-order valence-electron chi connectivity index (χ3n) is 14.1. The van der Waals surface area contributed by atoms with E-state index in [9.17, 15) is 19.8 Å². The Morgan fingerprint density at radius 1 is 0.804 bits per heavy atom. The molecule has 15 heteroatoms. The summed E-state index contributed by atoms with van der Waals surface area (Å²) in [5, 5.41) is 21.5. The van der Waals surface area contributed by atoms with Crippen molar-refractivity contribution in [3.63, 3.8) is 0 Å². The fraction of sp³-hybridized carbons (Fsp3) is 0.854. The van der Waals surface area contributed by atoms with Gasteiger partial charge in [-0.15, -0.1) is 0 Å². The molecule has 2 aliphatic carbocycles. The molecule has 6 aliphatic heterocycles. The van der Waals surface area contributed by atoms with Crippen molar-refractivity contribution in [2.75, 3.05) is 20.8 Å². The van der Waals surface area contributed by atoms with E-state index in [4.69, 9.17) is 52.1 Å². The number of allylic oxidation sites excluding steroid dienone is 2. The Bertz CT molecular complexity index is 1520. The number of carbonyl (C=O) groups excluding carboxylic acids is 2. The minimum atomic E-state index is -1.10. The van der Waals surface area contributed by atoms with Crippen LogP contribution in [-0.4, -0.2) is 135 Å². The molecule has 0 aromatic rings. The van der Waals surface area contributed by atoms with Crippen LogP contribution in [0.25, 0.3) is 0 Å². The number of methoxy groups -OCH3 is 2. The molecule has 0 aromatic heterocycles. The van der Waals surface area contributed by atoms with Crippen molar-refractivity contribution in [1.29, 1.82) is 0 Å². The van der Waals surface area contributed by atoms with Gasteiger partial charge in [0.05, 0.1) is 61.2 Å². The van der Waals surface area contributed by atoms with Crippen molar-refractivity contribution in [2.24, 2.45) is 23.2 Å². The van der Waals surface area contributed by atoms with Crippen molar-refractivity contribution >= 4 is 11.9 Å². The largest absolute Gasteiger partial charge is 0.459 e. The maximum absolute atomic E-state index is 13.7. The summed E-state index contributed by atoms with van der Waals surface area (Å²) < 4.78 is 66.6. The summed E-state index contributed by atoms with van der Waals surface area (Å²) in [6, 6.07) is 0. The van der Waals surface area contributed by atoms with E-state index >= 15 is 0 Å². The Balaban J connectivity index is 0.864. The molecule has 0 radical (unpaired) electrons. The Kier molecular flexibility index (Phi) is 11.5. The van der Waals surface area contributed by atoms with E-state index in [2.05, 4.69) is 13.0 Å². The lowest BCUT2D eigenvalue weighted by molar-refractivity contribution is -0.337. The molecule has 6 heterocycles. The van der Waals surface area contributed by atoms with Crippen LogP contribution in [0.2, 0.25) is 0 Å². The van der Waals surface area contributed by atoms with Crippen LogP contribution in [0.3, 0.4) is 0 Å². The van der Waals surface area contributed by atoms with Crippen LogP contribution in [0.15, 0.2) is 23.3 Å². The van der Waals surface area contributed by atoms with Gasteiger partial charge in [0.15, 0.2) is 18.9 Å². The monoisotopic (exact) mass is 792 g/mol. The van der Waals surface area contributed by atoms with Crippen molar-refractivity contribution in [3.8, 4) is 0 Å². The SMILES string of the molecule is CO[C@H]1C[C@H](O[C@H]2[C@@H](O)C[C@@H](O[C@H]3[C@H](C)O[C@@H](O[C@H]4CC[C@@]5(C)C(=CC[C@H]6C(=O)O[C@@H]7CO[C@]8(C)OC(=O)C(=CC[C@@H]65)[C@H]78)C4)C[C@@H]3OC)O[C@@H]2C)O[C@@H](C)[C@@H]1O. The molecular formula is C41H60O15. The van der Waals surface area contributed by atoms with E-state index in [-0.39, 0.29) is 48.5 Å². The first-order valence-electron chi connectivity index (χ1n) is 20.5. The second-order valence-corrected chi connectivity index (χ2v) is 17.5. The van der Waals surface area contributed by atoms with Gasteiger partial charge in [0.2, 0.25) is 5.79 Å². The van der Waals surface area contributed by atoms with Gasteiger partial charge in [-0.25, -0.2) is 4.79 Å². The zero-order valence-corrected chi connectivity index (χ0v) is 33.5. The smallest absolute Gasteiger partial charge is 0.336 e. The number of carbonyl (C=O) groups is 2. The number of hydrogen-bond donors (Lipinski definition) is 2. The molecule has 8 aliphatic rings. The Morgan fingerprint density at radius 2 is 1.46 bits per heavy atom. The maximum atomic E-state index is 13.7. The van der Waals surface area contributed by atoms with E-state index in [1.807, 2.05) is 19.9 Å². The summed E-state index contributed by atoms with van der Waals surface area (Å²) in [7, 11) is 3.19. The number of hydrogen-bond acceptors (Lipinski definition) is 15. The van der Waals surface area contributed by atoms with Gasteiger partial charge >= 0.3 is 11.9 Å². The zero-order chi connectivity index (χ0) is 39.7. The molecule has 15 nitrogen and oxygen atoms in total. The van der Waals surface area contributed by atoms with Crippen molar-refractivity contribution in [3.05, 3.63) is 23.3 Å². The van der Waals surface area contributed by atoms with Gasteiger partial charge in [0.1, 0.15) is 24.4 Å². The minimum absolute atomic E-state index is 0.0315. The first kappa shape index (κ1) is 40.7. The number of aliphatic hydroxyl groups is 2. The van der Waals surface area contributed by atoms with Crippen molar-refractivity contribution in [2.45, 2.75) is 178 Å². The lowest BCUT2D eigenvalue weighted by Crippen LogP contribution is -2.56. The predicted molar refractivity (Wildman–Crippen MR) is 193 cm³/mol. The number of fused-ring (bicyclic) bond motifs is 3. The van der Waals surface area contributed by atoms with Gasteiger partial charge in [-0.3, -0.25) is 4.79 Å². The van der Waals surface area contributed by atoms with E-state index in [0.29, 0.717) is 37.7 Å². The summed E-state index contributed by atoms with van der Waals surface area (Å²) >= 11 is 0. The van der Waals surface area contributed by atoms with Gasteiger partial charge in [-0.1, -0.05) is 24.6 Å². The molecule has 19 atom stereocenters. The van der Waals surface area contributed by atoms with Gasteiger partial charge < -0.3 is 62.3 Å². The Hall–Kier alpha value is -2.02. The topological polar surface area (TPSA) is 176 Å². The van der Waals surface area contributed by atoms with Gasteiger partial charge in [-0.2, -0.15) is 0 Å². The number of ether oxygens (including phenoxy) is 11. The fourth-order valence-electron chi connectivity index (χ4n) is 10.9. The van der Waals surface area contributed by atoms with Crippen LogP contribution in [0, 0.1) is 23.2 Å². The molecule has 8 rings (SSSR count). The quantitative estimate of drug-likeness (QED) is 0.271. The second-order valence-electron chi connectivity index (χ2n) is 17.5. The predicted octanol–water partition coefficient (Wildman–Crippen LogP) is 3.21. The van der Waals surface area contributed by atoms with E-state index < -0.39 is 91.5 Å². The van der Waals surface area contributed by atoms with Crippen LogP contribution >= 0.6 is 0 Å². The van der Waals surface area contributed by atoms with Gasteiger partial charge in [0, 0.05) is 46.0 Å². The third kappa shape index (κ3) is 7.41. The van der Waals surface area contributed by atoms with Gasteiger partial charge in [0.25, 0.3) is 0 Å². The number of aliphatic hydroxyl groups excluding tert-OH is 2. The molecule has 0 spiro atoms. The normalized spacial score (nSPS) is 50.6. The summed E-state index contributed by atoms with van der Waals surface area (Å²) in [6.45, 7) is 9.72. The highest BCUT2D eigenvalue weighted by Crippen LogP contribution is 2.56. The first-order valence-corrected chi connectivity index (χ1v) is 20.5.